The van der Waals surface area contributed by atoms with Gasteiger partial charge in [-0.05, 0) is 57.0 Å². The van der Waals surface area contributed by atoms with E-state index in [1.807, 2.05) is 6.07 Å². The zero-order valence-electron chi connectivity index (χ0n) is 16.9. The summed E-state index contributed by atoms with van der Waals surface area (Å²) in [5.41, 5.74) is 1.27. The van der Waals surface area contributed by atoms with E-state index >= 15 is 0 Å². The van der Waals surface area contributed by atoms with Gasteiger partial charge in [0, 0.05) is 26.8 Å². The Hall–Kier alpha value is -1.06. The number of rotatable bonds is 10. The first kappa shape index (κ1) is 24.0. The third-order valence-corrected chi connectivity index (χ3v) is 4.64. The Balaban J connectivity index is 0.00000364. The molecule has 1 unspecified atom stereocenters. The molecule has 1 aliphatic heterocycles. The Morgan fingerprint density at radius 3 is 2.67 bits per heavy atom. The maximum Gasteiger partial charge on any atom is 0.191 e. The van der Waals surface area contributed by atoms with Gasteiger partial charge in [0.05, 0.1) is 19.7 Å². The summed E-state index contributed by atoms with van der Waals surface area (Å²) in [6.45, 7) is 7.55. The highest BCUT2D eigenvalue weighted by Crippen LogP contribution is 2.27. The van der Waals surface area contributed by atoms with E-state index in [0.29, 0.717) is 0 Å². The van der Waals surface area contributed by atoms with Crippen molar-refractivity contribution in [3.63, 3.8) is 0 Å². The van der Waals surface area contributed by atoms with Gasteiger partial charge in [-0.15, -0.1) is 24.0 Å². The van der Waals surface area contributed by atoms with Crippen LogP contribution < -0.4 is 15.4 Å². The highest BCUT2D eigenvalue weighted by atomic mass is 127. The van der Waals surface area contributed by atoms with Crippen LogP contribution in [-0.4, -0.2) is 64.4 Å². The summed E-state index contributed by atoms with van der Waals surface area (Å²) in [4.78, 5) is 7.39. The van der Waals surface area contributed by atoms with Gasteiger partial charge < -0.3 is 20.1 Å². The molecule has 0 radical (unpaired) electrons. The minimum Gasteiger partial charge on any atom is -0.497 e. The molecule has 2 N–H and O–H groups in total. The number of benzene rings is 1. The molecule has 1 aromatic rings. The molecular weight excluding hydrogens is 455 g/mol. The second-order valence-electron chi connectivity index (χ2n) is 6.53. The van der Waals surface area contributed by atoms with Crippen molar-refractivity contribution in [2.24, 2.45) is 4.99 Å². The first-order valence-corrected chi connectivity index (χ1v) is 9.67. The average molecular weight is 490 g/mol. The average Bonchev–Trinajstić information content (AvgIpc) is 3.20. The van der Waals surface area contributed by atoms with Gasteiger partial charge in [0.2, 0.25) is 0 Å². The van der Waals surface area contributed by atoms with Crippen LogP contribution in [0.2, 0.25) is 0 Å². The van der Waals surface area contributed by atoms with E-state index in [0.717, 1.165) is 57.5 Å². The predicted octanol–water partition coefficient (Wildman–Crippen LogP) is 3.04. The van der Waals surface area contributed by atoms with Crippen molar-refractivity contribution < 1.29 is 9.47 Å². The van der Waals surface area contributed by atoms with Crippen molar-refractivity contribution >= 4 is 29.9 Å². The van der Waals surface area contributed by atoms with Gasteiger partial charge in [-0.25, -0.2) is 0 Å². The Labute approximate surface area is 181 Å². The van der Waals surface area contributed by atoms with E-state index in [-0.39, 0.29) is 30.0 Å². The predicted molar refractivity (Wildman–Crippen MR) is 122 cm³/mol. The summed E-state index contributed by atoms with van der Waals surface area (Å²) in [7, 11) is 3.45. The van der Waals surface area contributed by atoms with Crippen LogP contribution in [0, 0.1) is 0 Å². The number of likely N-dealkylation sites (tertiary alicyclic amines) is 1. The smallest absolute Gasteiger partial charge is 0.191 e. The minimum atomic E-state index is 0. The molecule has 0 spiro atoms. The Morgan fingerprint density at radius 2 is 2.00 bits per heavy atom. The molecule has 7 heteroatoms. The highest BCUT2D eigenvalue weighted by Gasteiger charge is 2.23. The fourth-order valence-electron chi connectivity index (χ4n) is 3.28. The third-order valence-electron chi connectivity index (χ3n) is 4.64. The fraction of sp³-hybridized carbons (Fsp3) is 0.650. The summed E-state index contributed by atoms with van der Waals surface area (Å²) in [5, 5.41) is 6.73. The molecule has 0 aromatic heterocycles. The number of nitrogens with zero attached hydrogens (tertiary/aromatic N) is 2. The maximum atomic E-state index is 5.42. The Kier molecular flexibility index (Phi) is 12.4. The largest absolute Gasteiger partial charge is 0.497 e. The zero-order valence-corrected chi connectivity index (χ0v) is 19.2. The molecule has 1 atom stereocenters. The van der Waals surface area contributed by atoms with Gasteiger partial charge >= 0.3 is 0 Å². The number of methoxy groups -OCH3 is 2. The molecule has 2 rings (SSSR count). The summed E-state index contributed by atoms with van der Waals surface area (Å²) >= 11 is 0. The van der Waals surface area contributed by atoms with Gasteiger partial charge in [0.15, 0.2) is 5.96 Å². The molecule has 27 heavy (non-hydrogen) atoms. The molecule has 0 saturated carbocycles. The first-order chi connectivity index (χ1) is 12.8. The lowest BCUT2D eigenvalue weighted by Crippen LogP contribution is -2.39. The topological polar surface area (TPSA) is 58.1 Å². The molecule has 154 valence electrons. The molecule has 1 fully saturated rings. The van der Waals surface area contributed by atoms with Gasteiger partial charge in [-0.3, -0.25) is 9.89 Å². The van der Waals surface area contributed by atoms with Crippen molar-refractivity contribution in [3.05, 3.63) is 29.8 Å². The van der Waals surface area contributed by atoms with E-state index in [4.69, 9.17) is 14.5 Å². The van der Waals surface area contributed by atoms with Crippen LogP contribution in [0.5, 0.6) is 5.75 Å². The second-order valence-corrected chi connectivity index (χ2v) is 6.53. The normalized spacial score (nSPS) is 15.9. The molecule has 1 saturated heterocycles. The first-order valence-electron chi connectivity index (χ1n) is 9.67. The number of ether oxygens (including phenoxy) is 2. The molecule has 0 bridgehead atoms. The lowest BCUT2D eigenvalue weighted by atomic mass is 10.1. The lowest BCUT2D eigenvalue weighted by molar-refractivity contribution is 0.195. The van der Waals surface area contributed by atoms with Gasteiger partial charge in [-0.2, -0.15) is 0 Å². The number of aliphatic imine (C=N–C) groups is 1. The fourth-order valence-corrected chi connectivity index (χ4v) is 3.28. The summed E-state index contributed by atoms with van der Waals surface area (Å²) in [6.07, 6.45) is 3.49. The van der Waals surface area contributed by atoms with Crippen LogP contribution in [0.3, 0.4) is 0 Å². The monoisotopic (exact) mass is 490 g/mol. The number of halogens is 1. The van der Waals surface area contributed by atoms with Crippen LogP contribution in [0.25, 0.3) is 0 Å². The SMILES string of the molecule is CCNC(=NCC(c1cccc(OC)c1)N1CCCC1)NCCCOC.I. The molecule has 6 nitrogen and oxygen atoms in total. The Morgan fingerprint density at radius 1 is 1.22 bits per heavy atom. The Bertz CT molecular complexity index is 551. The van der Waals surface area contributed by atoms with Crippen molar-refractivity contribution in [3.8, 4) is 5.75 Å². The maximum absolute atomic E-state index is 5.42. The van der Waals surface area contributed by atoms with E-state index in [2.05, 4.69) is 40.7 Å². The van der Waals surface area contributed by atoms with Crippen molar-refractivity contribution in [1.82, 2.24) is 15.5 Å². The van der Waals surface area contributed by atoms with Gasteiger partial charge in [0.1, 0.15) is 5.75 Å². The molecular formula is C20H35IN4O2. The molecule has 0 aliphatic carbocycles. The van der Waals surface area contributed by atoms with Crippen LogP contribution >= 0.6 is 24.0 Å². The van der Waals surface area contributed by atoms with Crippen molar-refractivity contribution in [2.75, 3.05) is 53.6 Å². The number of guanidine groups is 1. The van der Waals surface area contributed by atoms with E-state index in [9.17, 15) is 0 Å². The van der Waals surface area contributed by atoms with Crippen molar-refractivity contribution in [2.45, 2.75) is 32.2 Å². The van der Waals surface area contributed by atoms with Crippen LogP contribution in [0.1, 0.15) is 37.8 Å². The number of hydrogen-bond donors (Lipinski definition) is 2. The molecule has 1 aromatic carbocycles. The van der Waals surface area contributed by atoms with E-state index in [1.54, 1.807) is 14.2 Å². The molecule has 1 heterocycles. The van der Waals surface area contributed by atoms with E-state index in [1.165, 1.54) is 18.4 Å². The molecule has 0 amide bonds. The van der Waals surface area contributed by atoms with Crippen LogP contribution in [0.4, 0.5) is 0 Å². The zero-order chi connectivity index (χ0) is 18.6. The van der Waals surface area contributed by atoms with E-state index < -0.39 is 0 Å². The summed E-state index contributed by atoms with van der Waals surface area (Å²) in [6, 6.07) is 8.66. The van der Waals surface area contributed by atoms with Crippen LogP contribution in [-0.2, 0) is 4.74 Å². The highest BCUT2D eigenvalue weighted by molar-refractivity contribution is 14.0. The number of hydrogen-bond acceptors (Lipinski definition) is 4. The van der Waals surface area contributed by atoms with Crippen LogP contribution in [0.15, 0.2) is 29.3 Å². The molecule has 1 aliphatic rings. The third kappa shape index (κ3) is 8.23. The second kappa shape index (κ2) is 14.0. The minimum absolute atomic E-state index is 0. The quantitative estimate of drug-likeness (QED) is 0.229. The van der Waals surface area contributed by atoms with Gasteiger partial charge in [-0.1, -0.05) is 12.1 Å². The van der Waals surface area contributed by atoms with Gasteiger partial charge in [0.25, 0.3) is 0 Å². The van der Waals surface area contributed by atoms with Crippen molar-refractivity contribution in [1.29, 1.82) is 0 Å². The summed E-state index contributed by atoms with van der Waals surface area (Å²) < 4.78 is 10.5. The lowest BCUT2D eigenvalue weighted by Gasteiger charge is -2.27. The summed E-state index contributed by atoms with van der Waals surface area (Å²) in [5.74, 6) is 1.77. The number of nitrogens with one attached hydrogen (secondary N) is 2. The standard InChI is InChI=1S/C20H34N4O2.HI/c1-4-21-20(22-11-8-14-25-2)23-16-19(24-12-5-6-13-24)17-9-7-10-18(15-17)26-3;/h7,9-10,15,19H,4-6,8,11-14,16H2,1-3H3,(H2,21,22,23);1H.